The van der Waals surface area contributed by atoms with E-state index in [-0.39, 0.29) is 18.9 Å². The van der Waals surface area contributed by atoms with E-state index < -0.39 is 11.2 Å². The summed E-state index contributed by atoms with van der Waals surface area (Å²) >= 11 is 0. The molecule has 168 valence electrons. The molecule has 3 heterocycles. The number of aromatic nitrogens is 5. The fourth-order valence-electron chi connectivity index (χ4n) is 4.34. The summed E-state index contributed by atoms with van der Waals surface area (Å²) in [6.45, 7) is 1.05. The fourth-order valence-corrected chi connectivity index (χ4v) is 4.34. The van der Waals surface area contributed by atoms with Crippen LogP contribution in [0.5, 0.6) is 0 Å². The van der Waals surface area contributed by atoms with Gasteiger partial charge in [-0.2, -0.15) is 0 Å². The van der Waals surface area contributed by atoms with Crippen LogP contribution in [0.25, 0.3) is 22.3 Å². The van der Waals surface area contributed by atoms with Crippen molar-refractivity contribution in [1.29, 1.82) is 0 Å². The van der Waals surface area contributed by atoms with E-state index in [0.29, 0.717) is 16.6 Å². The number of nitrogens with one attached hydrogen (secondary N) is 2. The minimum absolute atomic E-state index is 0.0838. The molecule has 0 bridgehead atoms. The third kappa shape index (κ3) is 4.21. The number of aromatic amines is 1. The Morgan fingerprint density at radius 1 is 1.03 bits per heavy atom. The largest absolute Gasteiger partial charge is 0.328 e. The molecule has 0 saturated carbocycles. The zero-order valence-electron chi connectivity index (χ0n) is 18.1. The van der Waals surface area contributed by atoms with E-state index in [1.807, 2.05) is 24.3 Å². The van der Waals surface area contributed by atoms with Crippen molar-refractivity contribution >= 4 is 22.5 Å². The molecule has 9 nitrogen and oxygen atoms in total. The number of para-hydroxylation sites is 1. The number of nitrogens with zero attached hydrogens (tertiary/aromatic N) is 4. The van der Waals surface area contributed by atoms with Gasteiger partial charge >= 0.3 is 5.69 Å². The maximum atomic E-state index is 12.6. The van der Waals surface area contributed by atoms with Crippen LogP contribution in [0.3, 0.4) is 0 Å². The normalized spacial score (nSPS) is 13.5. The second-order valence-corrected chi connectivity index (χ2v) is 8.21. The van der Waals surface area contributed by atoms with Gasteiger partial charge in [-0.3, -0.25) is 19.1 Å². The summed E-state index contributed by atoms with van der Waals surface area (Å²) in [5, 5.41) is 12.1. The minimum Gasteiger partial charge on any atom is -0.326 e. The molecular formula is C24H24N6O3. The van der Waals surface area contributed by atoms with Crippen LogP contribution in [-0.2, 0) is 24.3 Å². The Kier molecular flexibility index (Phi) is 5.60. The highest BCUT2D eigenvalue weighted by Crippen LogP contribution is 2.25. The summed E-state index contributed by atoms with van der Waals surface area (Å²) in [7, 11) is 0. The average Bonchev–Trinajstić information content (AvgIpc) is 3.07. The van der Waals surface area contributed by atoms with Gasteiger partial charge in [0.05, 0.1) is 10.9 Å². The first-order valence-corrected chi connectivity index (χ1v) is 11.1. The standard InChI is InChI=1S/C24H24N6O3/c31-21(12-14-29-19-10-4-3-9-18(19)23(32)26-24(29)33)25-17-8-6-7-16(15-17)22-28-27-20-11-2-1-5-13-30(20)22/h3-4,6-10,15H,1-2,5,11-14H2,(H,25,31)(H,26,32,33). The Hall–Kier alpha value is -4.01. The molecule has 0 fully saturated rings. The van der Waals surface area contributed by atoms with Gasteiger partial charge in [0.2, 0.25) is 5.91 Å². The van der Waals surface area contributed by atoms with E-state index in [9.17, 15) is 14.4 Å². The number of benzene rings is 2. The Bertz CT molecular complexity index is 1450. The molecule has 2 N–H and O–H groups in total. The number of aryl methyl sites for hydroxylation is 2. The van der Waals surface area contributed by atoms with E-state index in [4.69, 9.17) is 0 Å². The topological polar surface area (TPSA) is 115 Å². The van der Waals surface area contributed by atoms with Gasteiger partial charge in [-0.25, -0.2) is 4.79 Å². The summed E-state index contributed by atoms with van der Waals surface area (Å²) in [5.41, 5.74) is 1.10. The first kappa shape index (κ1) is 20.9. The third-order valence-corrected chi connectivity index (χ3v) is 5.98. The van der Waals surface area contributed by atoms with Gasteiger partial charge in [0.25, 0.3) is 5.56 Å². The summed E-state index contributed by atoms with van der Waals surface area (Å²) in [5.74, 6) is 1.60. The number of carbonyl (C=O) groups excluding carboxylic acids is 1. The van der Waals surface area contributed by atoms with E-state index in [0.717, 1.165) is 43.0 Å². The SMILES string of the molecule is O=C(CCn1c(=O)[nH]c(=O)c2ccccc21)Nc1cccc(-c2nnc3n2CCCCC3)c1. The quantitative estimate of drug-likeness (QED) is 0.491. The van der Waals surface area contributed by atoms with Gasteiger partial charge in [-0.15, -0.1) is 10.2 Å². The maximum Gasteiger partial charge on any atom is 0.328 e. The predicted molar refractivity (Wildman–Crippen MR) is 125 cm³/mol. The Labute approximate surface area is 189 Å². The highest BCUT2D eigenvalue weighted by Gasteiger charge is 2.16. The molecule has 2 aromatic heterocycles. The van der Waals surface area contributed by atoms with Crippen molar-refractivity contribution in [3.8, 4) is 11.4 Å². The zero-order valence-corrected chi connectivity index (χ0v) is 18.1. The van der Waals surface area contributed by atoms with E-state index in [1.54, 1.807) is 24.3 Å². The van der Waals surface area contributed by atoms with Crippen molar-refractivity contribution < 1.29 is 4.79 Å². The lowest BCUT2D eigenvalue weighted by Gasteiger charge is -2.11. The highest BCUT2D eigenvalue weighted by molar-refractivity contribution is 5.91. The monoisotopic (exact) mass is 444 g/mol. The molecule has 1 aliphatic rings. The van der Waals surface area contributed by atoms with Crippen LogP contribution >= 0.6 is 0 Å². The number of rotatable bonds is 5. The molecule has 1 aliphatic heterocycles. The van der Waals surface area contributed by atoms with Crippen LogP contribution in [0, 0.1) is 0 Å². The molecule has 0 saturated heterocycles. The zero-order chi connectivity index (χ0) is 22.8. The van der Waals surface area contributed by atoms with Gasteiger partial charge in [0.1, 0.15) is 5.82 Å². The molecule has 1 amide bonds. The summed E-state index contributed by atoms with van der Waals surface area (Å²) in [6.07, 6.45) is 4.44. The molecule has 33 heavy (non-hydrogen) atoms. The first-order chi connectivity index (χ1) is 16.1. The minimum atomic E-state index is -0.527. The Morgan fingerprint density at radius 3 is 2.82 bits per heavy atom. The van der Waals surface area contributed by atoms with Gasteiger partial charge in [0, 0.05) is 37.2 Å². The van der Waals surface area contributed by atoms with Crippen molar-refractivity contribution in [1.82, 2.24) is 24.3 Å². The number of fused-ring (bicyclic) bond motifs is 2. The second kappa shape index (κ2) is 8.85. The van der Waals surface area contributed by atoms with E-state index >= 15 is 0 Å². The van der Waals surface area contributed by atoms with Crippen LogP contribution in [0.1, 0.15) is 31.5 Å². The van der Waals surface area contributed by atoms with Crippen LogP contribution in [-0.4, -0.2) is 30.2 Å². The summed E-state index contributed by atoms with van der Waals surface area (Å²) in [4.78, 5) is 39.3. The summed E-state index contributed by atoms with van der Waals surface area (Å²) < 4.78 is 3.58. The van der Waals surface area contributed by atoms with Crippen LogP contribution in [0.2, 0.25) is 0 Å². The van der Waals surface area contributed by atoms with Gasteiger partial charge in [-0.05, 0) is 37.1 Å². The molecule has 0 aliphatic carbocycles. The van der Waals surface area contributed by atoms with E-state index in [2.05, 4.69) is 25.1 Å². The summed E-state index contributed by atoms with van der Waals surface area (Å²) in [6, 6.07) is 14.4. The first-order valence-electron chi connectivity index (χ1n) is 11.1. The molecule has 0 radical (unpaired) electrons. The van der Waals surface area contributed by atoms with Crippen LogP contribution < -0.4 is 16.6 Å². The van der Waals surface area contributed by atoms with E-state index in [1.165, 1.54) is 11.0 Å². The van der Waals surface area contributed by atoms with Gasteiger partial charge in [0.15, 0.2) is 5.82 Å². The van der Waals surface area contributed by atoms with Crippen molar-refractivity contribution in [2.45, 2.75) is 45.2 Å². The van der Waals surface area contributed by atoms with Crippen molar-refractivity contribution in [2.75, 3.05) is 5.32 Å². The number of amides is 1. The second-order valence-electron chi connectivity index (χ2n) is 8.21. The van der Waals surface area contributed by atoms with Gasteiger partial charge in [-0.1, -0.05) is 30.7 Å². The molecular weight excluding hydrogens is 420 g/mol. The maximum absolute atomic E-state index is 12.6. The van der Waals surface area contributed by atoms with Crippen molar-refractivity contribution in [2.24, 2.45) is 0 Å². The molecule has 5 rings (SSSR count). The lowest BCUT2D eigenvalue weighted by molar-refractivity contribution is -0.116. The number of anilines is 1. The number of hydrogen-bond donors (Lipinski definition) is 2. The smallest absolute Gasteiger partial charge is 0.326 e. The average molecular weight is 444 g/mol. The molecule has 0 spiro atoms. The molecule has 2 aromatic carbocycles. The lowest BCUT2D eigenvalue weighted by atomic mass is 10.1. The lowest BCUT2D eigenvalue weighted by Crippen LogP contribution is -2.31. The van der Waals surface area contributed by atoms with Crippen molar-refractivity contribution in [3.63, 3.8) is 0 Å². The molecule has 0 unspecified atom stereocenters. The van der Waals surface area contributed by atoms with Crippen molar-refractivity contribution in [3.05, 3.63) is 75.2 Å². The molecule has 4 aromatic rings. The number of carbonyl (C=O) groups is 1. The molecule has 0 atom stereocenters. The fraction of sp³-hybridized carbons (Fsp3) is 0.292. The van der Waals surface area contributed by atoms with Crippen LogP contribution in [0.4, 0.5) is 5.69 Å². The van der Waals surface area contributed by atoms with Crippen LogP contribution in [0.15, 0.2) is 58.1 Å². The Morgan fingerprint density at radius 2 is 1.91 bits per heavy atom. The molecule has 9 heteroatoms. The Balaban J connectivity index is 1.32. The number of H-pyrrole nitrogens is 1. The number of hydrogen-bond acceptors (Lipinski definition) is 5. The predicted octanol–water partition coefficient (Wildman–Crippen LogP) is 2.70. The highest BCUT2D eigenvalue weighted by atomic mass is 16.2. The van der Waals surface area contributed by atoms with Gasteiger partial charge < -0.3 is 9.88 Å². The third-order valence-electron chi connectivity index (χ3n) is 5.98.